The van der Waals surface area contributed by atoms with Crippen LogP contribution in [0.25, 0.3) is 0 Å². The van der Waals surface area contributed by atoms with Gasteiger partial charge in [0.15, 0.2) is 0 Å². The van der Waals surface area contributed by atoms with Gasteiger partial charge in [0, 0.05) is 25.1 Å². The molecular weight excluding hydrogens is 286 g/mol. The van der Waals surface area contributed by atoms with Crippen molar-refractivity contribution in [3.05, 3.63) is 35.1 Å². The number of halogens is 4. The summed E-state index contributed by atoms with van der Waals surface area (Å²) < 4.78 is 52.3. The molecule has 0 bridgehead atoms. The third-order valence-electron chi connectivity index (χ3n) is 4.18. The van der Waals surface area contributed by atoms with E-state index < -0.39 is 17.6 Å². The van der Waals surface area contributed by atoms with E-state index in [1.54, 1.807) is 11.9 Å². The molecule has 118 valence electrons. The van der Waals surface area contributed by atoms with E-state index >= 15 is 0 Å². The molecule has 1 N–H and O–H groups in total. The van der Waals surface area contributed by atoms with E-state index in [1.165, 1.54) is 12.1 Å². The van der Waals surface area contributed by atoms with Crippen molar-refractivity contribution in [1.82, 2.24) is 4.90 Å². The summed E-state index contributed by atoms with van der Waals surface area (Å²) in [7, 11) is 1.70. The van der Waals surface area contributed by atoms with E-state index in [4.69, 9.17) is 0 Å². The quantitative estimate of drug-likeness (QED) is 0.842. The summed E-state index contributed by atoms with van der Waals surface area (Å²) >= 11 is 0. The standard InChI is InChI=1S/C15H19F4NO/c1-20(9-14(10-21)6-3-7-14)8-11-4-2-5-12(16)13(11)15(17,18)19/h2,4-5,21H,3,6-10H2,1H3. The zero-order valence-electron chi connectivity index (χ0n) is 11.9. The van der Waals surface area contributed by atoms with Gasteiger partial charge in [-0.3, -0.25) is 0 Å². The fourth-order valence-corrected chi connectivity index (χ4v) is 2.98. The number of nitrogens with zero attached hydrogens (tertiary/aromatic N) is 1. The molecule has 1 saturated carbocycles. The second-order valence-electron chi connectivity index (χ2n) is 5.96. The first-order chi connectivity index (χ1) is 9.77. The highest BCUT2D eigenvalue weighted by Gasteiger charge is 2.39. The molecule has 0 atom stereocenters. The number of rotatable bonds is 5. The summed E-state index contributed by atoms with van der Waals surface area (Å²) in [5, 5.41) is 9.41. The van der Waals surface area contributed by atoms with E-state index in [2.05, 4.69) is 0 Å². The van der Waals surface area contributed by atoms with Crippen molar-refractivity contribution in [2.24, 2.45) is 5.41 Å². The number of benzene rings is 1. The number of hydrogen-bond donors (Lipinski definition) is 1. The lowest BCUT2D eigenvalue weighted by atomic mass is 9.69. The molecule has 1 aliphatic rings. The summed E-state index contributed by atoms with van der Waals surface area (Å²) in [6.45, 7) is 0.554. The molecule has 21 heavy (non-hydrogen) atoms. The zero-order chi connectivity index (χ0) is 15.7. The first-order valence-corrected chi connectivity index (χ1v) is 6.91. The molecule has 0 amide bonds. The van der Waals surface area contributed by atoms with Gasteiger partial charge in [0.1, 0.15) is 5.82 Å². The highest BCUT2D eigenvalue weighted by molar-refractivity contribution is 5.31. The van der Waals surface area contributed by atoms with Crippen molar-refractivity contribution in [2.75, 3.05) is 20.2 Å². The van der Waals surface area contributed by atoms with E-state index in [-0.39, 0.29) is 24.1 Å². The fraction of sp³-hybridized carbons (Fsp3) is 0.600. The van der Waals surface area contributed by atoms with Crippen LogP contribution < -0.4 is 0 Å². The Morgan fingerprint density at radius 2 is 1.95 bits per heavy atom. The molecule has 1 aromatic rings. The molecule has 0 unspecified atom stereocenters. The van der Waals surface area contributed by atoms with Crippen LogP contribution in [0.1, 0.15) is 30.4 Å². The Balaban J connectivity index is 2.14. The number of alkyl halides is 3. The van der Waals surface area contributed by atoms with E-state index in [0.29, 0.717) is 6.54 Å². The molecule has 0 aliphatic heterocycles. The Bertz CT molecular complexity index is 491. The van der Waals surface area contributed by atoms with Gasteiger partial charge in [0.25, 0.3) is 0 Å². The molecule has 0 radical (unpaired) electrons. The minimum atomic E-state index is -4.70. The minimum absolute atomic E-state index is 0.00829. The molecule has 0 aromatic heterocycles. The van der Waals surface area contributed by atoms with Gasteiger partial charge < -0.3 is 10.0 Å². The van der Waals surface area contributed by atoms with Gasteiger partial charge in [-0.25, -0.2) is 4.39 Å². The van der Waals surface area contributed by atoms with Gasteiger partial charge in [-0.05, 0) is 31.5 Å². The van der Waals surface area contributed by atoms with Gasteiger partial charge in [-0.15, -0.1) is 0 Å². The van der Waals surface area contributed by atoms with Gasteiger partial charge in [-0.1, -0.05) is 18.6 Å². The number of hydrogen-bond acceptors (Lipinski definition) is 2. The lowest BCUT2D eigenvalue weighted by Crippen LogP contribution is -2.43. The largest absolute Gasteiger partial charge is 0.419 e. The molecule has 1 fully saturated rings. The second-order valence-corrected chi connectivity index (χ2v) is 5.96. The minimum Gasteiger partial charge on any atom is -0.396 e. The number of aliphatic hydroxyl groups is 1. The Kier molecular flexibility index (Phi) is 4.58. The highest BCUT2D eigenvalue weighted by atomic mass is 19.4. The van der Waals surface area contributed by atoms with Gasteiger partial charge in [0.2, 0.25) is 0 Å². The van der Waals surface area contributed by atoms with Crippen LogP contribution in [0.15, 0.2) is 18.2 Å². The molecule has 1 aliphatic carbocycles. The average Bonchev–Trinajstić information content (AvgIpc) is 2.32. The molecule has 2 nitrogen and oxygen atoms in total. The smallest absolute Gasteiger partial charge is 0.396 e. The highest BCUT2D eigenvalue weighted by Crippen LogP contribution is 2.41. The lowest BCUT2D eigenvalue weighted by Gasteiger charge is -2.43. The van der Waals surface area contributed by atoms with Crippen LogP contribution in [0, 0.1) is 11.2 Å². The summed E-state index contributed by atoms with van der Waals surface area (Å²) in [5.74, 6) is -1.24. The Morgan fingerprint density at radius 1 is 1.29 bits per heavy atom. The Morgan fingerprint density at radius 3 is 2.43 bits per heavy atom. The molecule has 2 rings (SSSR count). The maximum absolute atomic E-state index is 13.5. The van der Waals surface area contributed by atoms with Crippen LogP contribution in [0.5, 0.6) is 0 Å². The predicted octanol–water partition coefficient (Wildman–Crippen LogP) is 3.44. The number of aliphatic hydroxyl groups excluding tert-OH is 1. The molecule has 6 heteroatoms. The van der Waals surface area contributed by atoms with Crippen LogP contribution in [0.2, 0.25) is 0 Å². The van der Waals surface area contributed by atoms with Crippen molar-refractivity contribution >= 4 is 0 Å². The molecule has 1 aromatic carbocycles. The van der Waals surface area contributed by atoms with Crippen LogP contribution in [-0.4, -0.2) is 30.2 Å². The van der Waals surface area contributed by atoms with Gasteiger partial charge in [-0.2, -0.15) is 13.2 Å². The van der Waals surface area contributed by atoms with E-state index in [9.17, 15) is 22.7 Å². The summed E-state index contributed by atoms with van der Waals surface area (Å²) in [4.78, 5) is 1.72. The lowest BCUT2D eigenvalue weighted by molar-refractivity contribution is -0.140. The topological polar surface area (TPSA) is 23.5 Å². The average molecular weight is 305 g/mol. The van der Waals surface area contributed by atoms with Crippen molar-refractivity contribution in [3.8, 4) is 0 Å². The zero-order valence-corrected chi connectivity index (χ0v) is 11.9. The van der Waals surface area contributed by atoms with Crippen molar-refractivity contribution in [3.63, 3.8) is 0 Å². The molecular formula is C15H19F4NO. The van der Waals surface area contributed by atoms with Crippen LogP contribution in [0.3, 0.4) is 0 Å². The second kappa shape index (κ2) is 5.93. The SMILES string of the molecule is CN(Cc1cccc(F)c1C(F)(F)F)CC1(CO)CCC1. The Hall–Kier alpha value is -1.14. The monoisotopic (exact) mass is 305 g/mol. The summed E-state index contributed by atoms with van der Waals surface area (Å²) in [6.07, 6.45) is -1.92. The van der Waals surface area contributed by atoms with Gasteiger partial charge in [0.05, 0.1) is 5.56 Å². The molecule has 0 heterocycles. The van der Waals surface area contributed by atoms with Crippen LogP contribution >= 0.6 is 0 Å². The Labute approximate surface area is 121 Å². The van der Waals surface area contributed by atoms with Crippen LogP contribution in [0.4, 0.5) is 17.6 Å². The van der Waals surface area contributed by atoms with Gasteiger partial charge >= 0.3 is 6.18 Å². The molecule has 0 spiro atoms. The third-order valence-corrected chi connectivity index (χ3v) is 4.18. The fourth-order valence-electron chi connectivity index (χ4n) is 2.98. The summed E-state index contributed by atoms with van der Waals surface area (Å²) in [5.41, 5.74) is -1.47. The van der Waals surface area contributed by atoms with Crippen molar-refractivity contribution in [2.45, 2.75) is 32.0 Å². The third kappa shape index (κ3) is 3.55. The first kappa shape index (κ1) is 16.2. The van der Waals surface area contributed by atoms with E-state index in [1.807, 2.05) is 0 Å². The summed E-state index contributed by atoms with van der Waals surface area (Å²) in [6, 6.07) is 3.42. The maximum atomic E-state index is 13.5. The van der Waals surface area contributed by atoms with Crippen molar-refractivity contribution in [1.29, 1.82) is 0 Å². The van der Waals surface area contributed by atoms with Crippen LogP contribution in [-0.2, 0) is 12.7 Å². The molecule has 0 saturated heterocycles. The van der Waals surface area contributed by atoms with Crippen molar-refractivity contribution < 1.29 is 22.7 Å². The van der Waals surface area contributed by atoms with E-state index in [0.717, 1.165) is 25.3 Å². The first-order valence-electron chi connectivity index (χ1n) is 6.91. The normalized spacial score (nSPS) is 17.9. The maximum Gasteiger partial charge on any atom is 0.419 e. The predicted molar refractivity (Wildman–Crippen MR) is 71.1 cm³/mol.